The molecule has 94 valence electrons. The van der Waals surface area contributed by atoms with Crippen LogP contribution in [0.3, 0.4) is 0 Å². The Hall–Kier alpha value is -0.330. The fourth-order valence-corrected chi connectivity index (χ4v) is 6.55. The summed E-state index contributed by atoms with van der Waals surface area (Å²) < 4.78 is 0. The highest BCUT2D eigenvalue weighted by atomic mass is 16.1. The Bertz CT molecular complexity index is 402. The smallest absolute Gasteiger partial charge is 0.142 e. The van der Waals surface area contributed by atoms with Gasteiger partial charge in [-0.3, -0.25) is 4.79 Å². The first-order valence-electron chi connectivity index (χ1n) is 7.45. The van der Waals surface area contributed by atoms with E-state index in [9.17, 15) is 4.79 Å². The first-order valence-corrected chi connectivity index (χ1v) is 7.45. The molecular formula is C16H24O. The van der Waals surface area contributed by atoms with Gasteiger partial charge in [0.25, 0.3) is 0 Å². The highest BCUT2D eigenvalue weighted by Gasteiger charge is 2.76. The van der Waals surface area contributed by atoms with Gasteiger partial charge in [-0.1, -0.05) is 33.6 Å². The topological polar surface area (TPSA) is 17.1 Å². The van der Waals surface area contributed by atoms with Crippen molar-refractivity contribution in [2.45, 2.75) is 59.3 Å². The molecule has 0 saturated heterocycles. The molecule has 0 aliphatic heterocycles. The Morgan fingerprint density at radius 1 is 1.12 bits per heavy atom. The number of ketones is 1. The first-order chi connectivity index (χ1) is 7.91. The number of hydrogen-bond acceptors (Lipinski definition) is 1. The third kappa shape index (κ3) is 0.945. The molecule has 1 nitrogen and oxygen atoms in total. The summed E-state index contributed by atoms with van der Waals surface area (Å²) in [6, 6.07) is 0. The molecule has 1 heteroatoms. The summed E-state index contributed by atoms with van der Waals surface area (Å²) in [5, 5.41) is 0. The molecule has 0 aromatic carbocycles. The molecule has 0 N–H and O–H groups in total. The standard InChI is InChI=1S/C16H24O/c1-14(2)10-8-15(3)9-16(6-4-5-7-16)11(10)12(14)13(15)17/h10-12H,4-9H2,1-3H3/t10-,11?,12+,15-/m0/s1. The van der Waals surface area contributed by atoms with Crippen LogP contribution in [-0.2, 0) is 4.79 Å². The molecule has 0 aromatic rings. The van der Waals surface area contributed by atoms with Gasteiger partial charge in [-0.2, -0.15) is 0 Å². The number of Topliss-reactive ketones (excluding diaryl/α,β-unsaturated/α-hetero) is 1. The number of carbonyl (C=O) groups excluding carboxylic acids is 1. The van der Waals surface area contributed by atoms with Crippen molar-refractivity contribution in [3.63, 3.8) is 0 Å². The van der Waals surface area contributed by atoms with Crippen LogP contribution >= 0.6 is 0 Å². The van der Waals surface area contributed by atoms with E-state index in [1.807, 2.05) is 0 Å². The van der Waals surface area contributed by atoms with Crippen molar-refractivity contribution in [2.75, 3.05) is 0 Å². The average Bonchev–Trinajstić information content (AvgIpc) is 2.68. The fraction of sp³-hybridized carbons (Fsp3) is 0.938. The van der Waals surface area contributed by atoms with Gasteiger partial charge >= 0.3 is 0 Å². The van der Waals surface area contributed by atoms with Crippen LogP contribution < -0.4 is 0 Å². The molecule has 17 heavy (non-hydrogen) atoms. The van der Waals surface area contributed by atoms with E-state index in [2.05, 4.69) is 20.8 Å². The molecule has 0 heterocycles. The van der Waals surface area contributed by atoms with Crippen LogP contribution in [0, 0.1) is 34.0 Å². The molecule has 4 bridgehead atoms. The van der Waals surface area contributed by atoms with E-state index in [4.69, 9.17) is 0 Å². The van der Waals surface area contributed by atoms with E-state index in [0.29, 0.717) is 22.5 Å². The maximum atomic E-state index is 12.7. The highest BCUT2D eigenvalue weighted by Crippen LogP contribution is 2.78. The van der Waals surface area contributed by atoms with Crippen molar-refractivity contribution in [2.24, 2.45) is 34.0 Å². The van der Waals surface area contributed by atoms with Gasteiger partial charge < -0.3 is 0 Å². The lowest BCUT2D eigenvalue weighted by Crippen LogP contribution is -2.74. The minimum atomic E-state index is 0.0595. The summed E-state index contributed by atoms with van der Waals surface area (Å²) in [4.78, 5) is 12.7. The van der Waals surface area contributed by atoms with Crippen LogP contribution in [-0.4, -0.2) is 5.78 Å². The molecule has 6 aliphatic carbocycles. The van der Waals surface area contributed by atoms with E-state index in [0.717, 1.165) is 11.8 Å². The van der Waals surface area contributed by atoms with Crippen molar-refractivity contribution in [1.82, 2.24) is 0 Å². The molecule has 4 atom stereocenters. The third-order valence-corrected chi connectivity index (χ3v) is 7.15. The second kappa shape index (κ2) is 2.65. The minimum Gasteiger partial charge on any atom is -0.299 e. The molecule has 6 fully saturated rings. The fourth-order valence-electron chi connectivity index (χ4n) is 6.55. The van der Waals surface area contributed by atoms with Crippen LogP contribution in [0.4, 0.5) is 0 Å². The monoisotopic (exact) mass is 232 g/mol. The molecule has 0 radical (unpaired) electrons. The van der Waals surface area contributed by atoms with Crippen LogP contribution in [0.1, 0.15) is 59.3 Å². The Labute approximate surface area is 104 Å². The van der Waals surface area contributed by atoms with Gasteiger partial charge in [-0.25, -0.2) is 0 Å². The first kappa shape index (κ1) is 10.6. The average molecular weight is 232 g/mol. The second-order valence-corrected chi connectivity index (χ2v) is 8.31. The second-order valence-electron chi connectivity index (χ2n) is 8.31. The predicted molar refractivity (Wildman–Crippen MR) is 67.5 cm³/mol. The summed E-state index contributed by atoms with van der Waals surface area (Å²) >= 11 is 0. The summed E-state index contributed by atoms with van der Waals surface area (Å²) in [6.07, 6.45) is 8.10. The summed E-state index contributed by atoms with van der Waals surface area (Å²) in [5.74, 6) is 2.67. The van der Waals surface area contributed by atoms with Gasteiger partial charge in [0.05, 0.1) is 0 Å². The van der Waals surface area contributed by atoms with E-state index in [-0.39, 0.29) is 5.41 Å². The van der Waals surface area contributed by atoms with Gasteiger partial charge in [0.1, 0.15) is 5.78 Å². The molecule has 6 aliphatic rings. The molecule has 6 saturated carbocycles. The SMILES string of the molecule is CC1(C)[C@H]2C[C@@]3(C)CC4(CCCC4)C2[C@@H]1C3=O. The molecule has 0 amide bonds. The molecule has 1 spiro atoms. The zero-order valence-electron chi connectivity index (χ0n) is 11.4. The molecule has 1 unspecified atom stereocenters. The zero-order chi connectivity index (χ0) is 12.1. The summed E-state index contributed by atoms with van der Waals surface area (Å²) in [7, 11) is 0. The van der Waals surface area contributed by atoms with Crippen molar-refractivity contribution in [1.29, 1.82) is 0 Å². The number of carbonyl (C=O) groups is 1. The van der Waals surface area contributed by atoms with E-state index >= 15 is 0 Å². The van der Waals surface area contributed by atoms with Gasteiger partial charge in [0.2, 0.25) is 0 Å². The number of hydrogen-bond donors (Lipinski definition) is 0. The van der Waals surface area contributed by atoms with Gasteiger partial charge in [0.15, 0.2) is 0 Å². The normalized spacial score (nSPS) is 52.9. The van der Waals surface area contributed by atoms with E-state index < -0.39 is 0 Å². The van der Waals surface area contributed by atoms with Gasteiger partial charge in [0, 0.05) is 11.3 Å². The third-order valence-electron chi connectivity index (χ3n) is 7.15. The van der Waals surface area contributed by atoms with Crippen molar-refractivity contribution in [3.05, 3.63) is 0 Å². The minimum absolute atomic E-state index is 0.0595. The Morgan fingerprint density at radius 3 is 2.35 bits per heavy atom. The highest BCUT2D eigenvalue weighted by molar-refractivity contribution is 5.91. The zero-order valence-corrected chi connectivity index (χ0v) is 11.4. The lowest BCUT2D eigenvalue weighted by atomic mass is 9.28. The molecule has 6 rings (SSSR count). The Morgan fingerprint density at radius 2 is 1.76 bits per heavy atom. The predicted octanol–water partition coefficient (Wildman–Crippen LogP) is 3.82. The maximum Gasteiger partial charge on any atom is 0.142 e. The van der Waals surface area contributed by atoms with Crippen LogP contribution in [0.15, 0.2) is 0 Å². The Kier molecular flexibility index (Phi) is 1.65. The largest absolute Gasteiger partial charge is 0.299 e. The number of rotatable bonds is 0. The van der Waals surface area contributed by atoms with Gasteiger partial charge in [-0.15, -0.1) is 0 Å². The lowest BCUT2D eigenvalue weighted by Gasteiger charge is -2.75. The quantitative estimate of drug-likeness (QED) is 0.620. The van der Waals surface area contributed by atoms with Crippen molar-refractivity contribution >= 4 is 5.78 Å². The molecule has 0 aromatic heterocycles. The molecular weight excluding hydrogens is 208 g/mol. The van der Waals surface area contributed by atoms with Crippen LogP contribution in [0.25, 0.3) is 0 Å². The summed E-state index contributed by atoms with van der Waals surface area (Å²) in [5.41, 5.74) is 0.965. The van der Waals surface area contributed by atoms with E-state index in [1.165, 1.54) is 38.5 Å². The van der Waals surface area contributed by atoms with Crippen molar-refractivity contribution < 1.29 is 4.79 Å². The summed E-state index contributed by atoms with van der Waals surface area (Å²) in [6.45, 7) is 6.98. The Balaban J connectivity index is 1.83. The maximum absolute atomic E-state index is 12.7. The van der Waals surface area contributed by atoms with Crippen LogP contribution in [0.5, 0.6) is 0 Å². The van der Waals surface area contributed by atoms with Crippen molar-refractivity contribution in [3.8, 4) is 0 Å². The lowest BCUT2D eigenvalue weighted by molar-refractivity contribution is -0.252. The van der Waals surface area contributed by atoms with Gasteiger partial charge in [-0.05, 0) is 48.3 Å². The van der Waals surface area contributed by atoms with Crippen LogP contribution in [0.2, 0.25) is 0 Å². The van der Waals surface area contributed by atoms with E-state index in [1.54, 1.807) is 0 Å².